The molecule has 68 heavy (non-hydrogen) atoms. The summed E-state index contributed by atoms with van der Waals surface area (Å²) in [5.41, 5.74) is 9.92. The molecule has 0 spiro atoms. The minimum Gasteiger partial charge on any atom is -0.469 e. The zero-order valence-corrected chi connectivity index (χ0v) is 39.3. The molecular weight excluding hydrogens is 881 g/mol. The number of nitrogens with zero attached hydrogens (tertiary/aromatic N) is 4. The minimum atomic E-state index is -1.30. The maximum absolute atomic E-state index is 14.0. The van der Waals surface area contributed by atoms with Gasteiger partial charge in [-0.15, -0.1) is 0 Å². The van der Waals surface area contributed by atoms with Gasteiger partial charge in [0.2, 0.25) is 29.5 Å². The number of Topliss-reactive ketones (excluding diaryl/α,β-unsaturated/α-hetero) is 1. The van der Waals surface area contributed by atoms with Gasteiger partial charge in [-0.25, -0.2) is 4.98 Å². The van der Waals surface area contributed by atoms with Gasteiger partial charge in [0, 0.05) is 57.0 Å². The van der Waals surface area contributed by atoms with Crippen LogP contribution in [0.1, 0.15) is 111 Å². The number of esters is 1. The molecule has 2 aromatic rings. The zero-order valence-electron chi connectivity index (χ0n) is 39.3. The molecule has 1 aromatic carbocycles. The maximum Gasteiger partial charge on any atom is 0.314 e. The van der Waals surface area contributed by atoms with E-state index in [-0.39, 0.29) is 73.1 Å². The van der Waals surface area contributed by atoms with E-state index in [0.717, 1.165) is 12.8 Å². The highest BCUT2D eigenvalue weighted by atomic mass is 16.5. The number of methoxy groups -OCH3 is 1. The number of aromatic nitrogens is 1. The second kappa shape index (κ2) is 26.8. The lowest BCUT2D eigenvalue weighted by Gasteiger charge is -2.32. The summed E-state index contributed by atoms with van der Waals surface area (Å²) in [6, 6.07) is 4.22. The van der Waals surface area contributed by atoms with Crippen LogP contribution in [0.5, 0.6) is 0 Å². The predicted octanol–water partition coefficient (Wildman–Crippen LogP) is 1.31. The van der Waals surface area contributed by atoms with Gasteiger partial charge in [-0.3, -0.25) is 53.6 Å². The first-order valence-electron chi connectivity index (χ1n) is 22.7. The number of unbranched alkanes of at least 4 members (excludes halogenated alkanes) is 2. The molecule has 7 amide bonds. The molecule has 22 nitrogen and oxygen atoms in total. The number of nitrogens with one attached hydrogen (secondary N) is 7. The zero-order chi connectivity index (χ0) is 49.8. The standard InChI is InChI=1S/C46H64N12O10/c1-27(2)40-45(66)58(4)36(13-10-17-48-26-47)44(65)52-25-39(61)54-35(19-28(3)59)43(64)51-23-29-20-31(42(63)55-40)22-32(21-29)53-38(60)14-7-6-8-18-49-41(62)30-15-16-37(50-24-30)57-56-34-12-9-11-33(34)46(67)68-5/h15-16,20-22,24,26-27,33,35-36,40H,6-14,17-19,23,25H2,1-5H3,(H2,47,48)(H,49,62)(H,50,57)(H,51,64)(H,52,65)(H,53,60)(H,54,61)(H,55,63)/b56-34-/t33?,35-,36-,40?/m0/s1. The van der Waals surface area contributed by atoms with Gasteiger partial charge in [-0.2, -0.15) is 5.10 Å². The molecule has 9 N–H and O–H groups in total. The third-order valence-electron chi connectivity index (χ3n) is 11.3. The highest BCUT2D eigenvalue weighted by Crippen LogP contribution is 2.24. The number of pyridine rings is 1. The summed E-state index contributed by atoms with van der Waals surface area (Å²) in [5, 5.41) is 20.4. The van der Waals surface area contributed by atoms with Crippen molar-refractivity contribution in [1.82, 2.24) is 36.5 Å². The quantitative estimate of drug-likeness (QED) is 0.0344. The molecule has 1 aliphatic carbocycles. The Bertz CT molecular complexity index is 2210. The Morgan fingerprint density at radius 1 is 0.985 bits per heavy atom. The number of amides is 7. The molecule has 2 aliphatic rings. The number of likely N-dealkylation sites (N-methyl/N-ethyl adjacent to an activating group) is 1. The first-order valence-corrected chi connectivity index (χ1v) is 22.7. The number of hydrazone groups is 1. The second-order valence-corrected chi connectivity index (χ2v) is 17.0. The number of carbonyl (C=O) groups is 9. The lowest BCUT2D eigenvalue weighted by atomic mass is 9.99. The van der Waals surface area contributed by atoms with Gasteiger partial charge in [-0.05, 0) is 93.7 Å². The van der Waals surface area contributed by atoms with Crippen molar-refractivity contribution in [2.45, 2.75) is 110 Å². The SMILES string of the molecule is COC(=O)C1CCC/C1=N/Nc1ccc(C(=O)NCCCCCC(=O)Nc2cc3cc(c2)C(=O)NC(C(C)C)C(=O)N(C)[C@@H](CCCN=CN)C(=O)NCC(=O)N[C@@H](CC(C)=O)C(=O)NC3)cn1. The Morgan fingerprint density at radius 2 is 1.75 bits per heavy atom. The van der Waals surface area contributed by atoms with Crippen molar-refractivity contribution in [3.8, 4) is 0 Å². The molecule has 4 rings (SSSR count). The summed E-state index contributed by atoms with van der Waals surface area (Å²) in [4.78, 5) is 127. The summed E-state index contributed by atoms with van der Waals surface area (Å²) in [5.74, 6) is -5.15. The molecule has 2 bridgehead atoms. The normalized spacial score (nSPS) is 20.2. The number of ether oxygens (including phenoxy) is 1. The van der Waals surface area contributed by atoms with Crippen LogP contribution in [-0.4, -0.2) is 127 Å². The average molecular weight is 945 g/mol. The monoisotopic (exact) mass is 944 g/mol. The third-order valence-corrected chi connectivity index (χ3v) is 11.3. The Hall–Kier alpha value is -7.26. The first-order chi connectivity index (χ1) is 32.5. The van der Waals surface area contributed by atoms with Gasteiger partial charge in [-0.1, -0.05) is 20.3 Å². The van der Waals surface area contributed by atoms with Crippen LogP contribution >= 0.6 is 0 Å². The summed E-state index contributed by atoms with van der Waals surface area (Å²) < 4.78 is 4.85. The van der Waals surface area contributed by atoms with Crippen molar-refractivity contribution in [2.24, 2.45) is 27.7 Å². The van der Waals surface area contributed by atoms with Gasteiger partial charge >= 0.3 is 5.97 Å². The van der Waals surface area contributed by atoms with Gasteiger partial charge in [0.1, 0.15) is 29.7 Å². The fourth-order valence-electron chi connectivity index (χ4n) is 7.60. The van der Waals surface area contributed by atoms with Crippen molar-refractivity contribution in [3.63, 3.8) is 0 Å². The number of fused-ring (bicyclic) bond motifs is 2. The second-order valence-electron chi connectivity index (χ2n) is 17.0. The van der Waals surface area contributed by atoms with Crippen LogP contribution in [0.4, 0.5) is 11.5 Å². The van der Waals surface area contributed by atoms with E-state index >= 15 is 0 Å². The van der Waals surface area contributed by atoms with E-state index < -0.39 is 60.1 Å². The van der Waals surface area contributed by atoms with Crippen molar-refractivity contribution >= 4 is 76.7 Å². The summed E-state index contributed by atoms with van der Waals surface area (Å²) in [6.45, 7) is 4.60. The summed E-state index contributed by atoms with van der Waals surface area (Å²) in [7, 11) is 2.77. The fraction of sp³-hybridized carbons (Fsp3) is 0.522. The lowest BCUT2D eigenvalue weighted by molar-refractivity contribution is -0.143. The molecule has 22 heteroatoms. The van der Waals surface area contributed by atoms with Crippen molar-refractivity contribution in [2.75, 3.05) is 44.5 Å². The number of benzene rings is 1. The molecule has 2 heterocycles. The number of aliphatic imine (C=N–C) groups is 1. The maximum atomic E-state index is 14.0. The highest BCUT2D eigenvalue weighted by Gasteiger charge is 2.35. The van der Waals surface area contributed by atoms with E-state index in [1.165, 1.54) is 44.3 Å². The fourth-order valence-corrected chi connectivity index (χ4v) is 7.60. The average Bonchev–Trinajstić information content (AvgIpc) is 3.79. The number of ketones is 1. The van der Waals surface area contributed by atoms with Gasteiger partial charge in [0.15, 0.2) is 0 Å². The van der Waals surface area contributed by atoms with Gasteiger partial charge in [0.25, 0.3) is 11.8 Å². The number of hydrogen-bond donors (Lipinski definition) is 8. The Balaban J connectivity index is 1.41. The van der Waals surface area contributed by atoms with Crippen LogP contribution < -0.4 is 43.1 Å². The Kier molecular flexibility index (Phi) is 21.0. The molecule has 0 saturated heterocycles. The third kappa shape index (κ3) is 16.6. The first kappa shape index (κ1) is 53.4. The van der Waals surface area contributed by atoms with Crippen LogP contribution in [0.25, 0.3) is 0 Å². The number of carbonyl (C=O) groups excluding carboxylic acids is 9. The van der Waals surface area contributed by atoms with E-state index in [2.05, 4.69) is 52.4 Å². The summed E-state index contributed by atoms with van der Waals surface area (Å²) in [6.07, 6.45) is 6.62. The number of rotatable bonds is 18. The molecule has 2 unspecified atom stereocenters. The predicted molar refractivity (Wildman–Crippen MR) is 252 cm³/mol. The lowest BCUT2D eigenvalue weighted by Crippen LogP contribution is -2.57. The Morgan fingerprint density at radius 3 is 2.44 bits per heavy atom. The molecular formula is C46H64N12O10. The van der Waals surface area contributed by atoms with Crippen LogP contribution in [0, 0.1) is 11.8 Å². The topological polar surface area (TPSA) is 314 Å². The molecule has 1 saturated carbocycles. The van der Waals surface area contributed by atoms with E-state index in [9.17, 15) is 43.2 Å². The minimum absolute atomic E-state index is 0.0560. The van der Waals surface area contributed by atoms with Crippen LogP contribution in [0.15, 0.2) is 46.6 Å². The number of hydrogen-bond acceptors (Lipinski definition) is 14. The molecule has 0 radical (unpaired) electrons. The van der Waals surface area contributed by atoms with Crippen molar-refractivity contribution in [3.05, 3.63) is 53.2 Å². The van der Waals surface area contributed by atoms with E-state index in [1.807, 2.05) is 0 Å². The summed E-state index contributed by atoms with van der Waals surface area (Å²) >= 11 is 0. The largest absolute Gasteiger partial charge is 0.469 e. The molecule has 368 valence electrons. The van der Waals surface area contributed by atoms with E-state index in [4.69, 9.17) is 10.5 Å². The van der Waals surface area contributed by atoms with Crippen molar-refractivity contribution < 1.29 is 47.9 Å². The van der Waals surface area contributed by atoms with Gasteiger partial charge < -0.3 is 47.3 Å². The van der Waals surface area contributed by atoms with Crippen molar-refractivity contribution in [1.29, 1.82) is 0 Å². The molecule has 1 fully saturated rings. The molecule has 1 aromatic heterocycles. The molecule has 4 atom stereocenters. The van der Waals surface area contributed by atoms with Crippen LogP contribution in [-0.2, 0) is 44.8 Å². The van der Waals surface area contributed by atoms with Crippen LogP contribution in [0.3, 0.4) is 0 Å². The Labute approximate surface area is 395 Å². The van der Waals surface area contributed by atoms with Gasteiger partial charge in [0.05, 0.1) is 37.2 Å². The molecule has 1 aliphatic heterocycles. The van der Waals surface area contributed by atoms with E-state index in [0.29, 0.717) is 67.7 Å². The number of anilines is 2. The number of nitrogens with two attached hydrogens (primary N) is 1. The smallest absolute Gasteiger partial charge is 0.314 e. The highest BCUT2D eigenvalue weighted by molar-refractivity contribution is 6.04. The van der Waals surface area contributed by atoms with E-state index in [1.54, 1.807) is 32.0 Å². The van der Waals surface area contributed by atoms with Crippen LogP contribution in [0.2, 0.25) is 0 Å².